The van der Waals surface area contributed by atoms with Crippen molar-refractivity contribution in [2.75, 3.05) is 23.9 Å². The molecular weight excluding hydrogens is 370 g/mol. The molecule has 1 saturated carbocycles. The first-order valence-electron chi connectivity index (χ1n) is 10.5. The van der Waals surface area contributed by atoms with Crippen LogP contribution in [0.1, 0.15) is 45.4 Å². The zero-order chi connectivity index (χ0) is 20.5. The van der Waals surface area contributed by atoms with Gasteiger partial charge in [-0.15, -0.1) is 0 Å². The van der Waals surface area contributed by atoms with Crippen molar-refractivity contribution in [3.05, 3.63) is 24.3 Å². The molecule has 4 atom stereocenters. The minimum atomic E-state index is -0.366. The standard InChI is InChI=1S/C22H29N3O4/c1-14-11-20(26)23-16-8-4-6-10-18(16)25(14)21(27)13-24-17-9-5-3-7-15(17)12-19(24)22(28)29-2/h4,6,8,10,14-15,17,19H,3,5,7,9,11-13H2,1-2H3,(H,23,26). The van der Waals surface area contributed by atoms with Crippen molar-refractivity contribution in [1.29, 1.82) is 0 Å². The van der Waals surface area contributed by atoms with Gasteiger partial charge in [-0.05, 0) is 44.2 Å². The van der Waals surface area contributed by atoms with Crippen LogP contribution in [0.2, 0.25) is 0 Å². The molecular formula is C22H29N3O4. The normalized spacial score (nSPS) is 29.4. The lowest BCUT2D eigenvalue weighted by Crippen LogP contribution is -2.50. The number of nitrogens with zero attached hydrogens (tertiary/aromatic N) is 2. The molecule has 0 bridgehead atoms. The lowest BCUT2D eigenvalue weighted by Gasteiger charge is -2.35. The van der Waals surface area contributed by atoms with E-state index in [1.54, 1.807) is 4.90 Å². The number of amides is 2. The van der Waals surface area contributed by atoms with E-state index in [0.717, 1.165) is 25.7 Å². The predicted molar refractivity (Wildman–Crippen MR) is 110 cm³/mol. The van der Waals surface area contributed by atoms with E-state index in [1.165, 1.54) is 13.5 Å². The number of methoxy groups -OCH3 is 1. The average Bonchev–Trinajstić information content (AvgIpc) is 3.00. The summed E-state index contributed by atoms with van der Waals surface area (Å²) >= 11 is 0. The Balaban J connectivity index is 1.61. The SMILES string of the molecule is COC(=O)C1CC2CCCCC2N1CC(=O)N1c2ccccc2NC(=O)CC1C. The molecule has 29 heavy (non-hydrogen) atoms. The van der Waals surface area contributed by atoms with Gasteiger partial charge >= 0.3 is 5.97 Å². The number of rotatable bonds is 3. The quantitative estimate of drug-likeness (QED) is 0.791. The summed E-state index contributed by atoms with van der Waals surface area (Å²) in [6, 6.07) is 7.01. The van der Waals surface area contributed by atoms with E-state index < -0.39 is 0 Å². The average molecular weight is 399 g/mol. The van der Waals surface area contributed by atoms with E-state index in [-0.39, 0.29) is 48.9 Å². The Kier molecular flexibility index (Phi) is 5.58. The third-order valence-electron chi connectivity index (χ3n) is 6.64. The van der Waals surface area contributed by atoms with Gasteiger partial charge in [-0.2, -0.15) is 0 Å². The molecule has 0 aromatic heterocycles. The van der Waals surface area contributed by atoms with E-state index >= 15 is 0 Å². The van der Waals surface area contributed by atoms with Crippen LogP contribution < -0.4 is 10.2 Å². The highest BCUT2D eigenvalue weighted by Crippen LogP contribution is 2.40. The Hall–Kier alpha value is -2.41. The van der Waals surface area contributed by atoms with Crippen LogP contribution in [0.25, 0.3) is 0 Å². The Morgan fingerprint density at radius 1 is 1.21 bits per heavy atom. The number of esters is 1. The zero-order valence-corrected chi connectivity index (χ0v) is 17.1. The maximum atomic E-state index is 13.5. The highest BCUT2D eigenvalue weighted by Gasteiger charge is 2.47. The van der Waals surface area contributed by atoms with Crippen LogP contribution in [0, 0.1) is 5.92 Å². The Labute approximate surface area is 171 Å². The van der Waals surface area contributed by atoms with Crippen LogP contribution in [-0.2, 0) is 19.1 Å². The van der Waals surface area contributed by atoms with Gasteiger partial charge in [0.25, 0.3) is 0 Å². The van der Waals surface area contributed by atoms with Gasteiger partial charge in [-0.3, -0.25) is 19.3 Å². The Bertz CT molecular complexity index is 811. The van der Waals surface area contributed by atoms with E-state index in [9.17, 15) is 14.4 Å². The largest absolute Gasteiger partial charge is 0.468 e. The molecule has 7 nitrogen and oxygen atoms in total. The van der Waals surface area contributed by atoms with Crippen molar-refractivity contribution in [3.63, 3.8) is 0 Å². The molecule has 2 amide bonds. The number of ether oxygens (including phenoxy) is 1. The molecule has 3 aliphatic rings. The van der Waals surface area contributed by atoms with Gasteiger partial charge in [0.15, 0.2) is 0 Å². The highest BCUT2D eigenvalue weighted by molar-refractivity contribution is 6.05. The minimum Gasteiger partial charge on any atom is -0.468 e. The lowest BCUT2D eigenvalue weighted by molar-refractivity contribution is -0.146. The summed E-state index contributed by atoms with van der Waals surface area (Å²) < 4.78 is 5.05. The van der Waals surface area contributed by atoms with Crippen LogP contribution in [0.4, 0.5) is 11.4 Å². The molecule has 4 rings (SSSR count). The van der Waals surface area contributed by atoms with Gasteiger partial charge in [-0.25, -0.2) is 0 Å². The number of benzene rings is 1. The molecule has 0 radical (unpaired) electrons. The number of hydrogen-bond donors (Lipinski definition) is 1. The van der Waals surface area contributed by atoms with Crippen molar-refractivity contribution >= 4 is 29.2 Å². The molecule has 156 valence electrons. The monoisotopic (exact) mass is 399 g/mol. The summed E-state index contributed by atoms with van der Waals surface area (Å²) in [5.74, 6) is 0.00822. The molecule has 4 unspecified atom stereocenters. The van der Waals surface area contributed by atoms with Gasteiger partial charge in [0.2, 0.25) is 11.8 Å². The van der Waals surface area contributed by atoms with Crippen molar-refractivity contribution in [2.45, 2.75) is 63.6 Å². The van der Waals surface area contributed by atoms with Crippen molar-refractivity contribution < 1.29 is 19.1 Å². The second-order valence-corrected chi connectivity index (χ2v) is 8.44. The third-order valence-corrected chi connectivity index (χ3v) is 6.64. The fourth-order valence-corrected chi connectivity index (χ4v) is 5.35. The zero-order valence-electron chi connectivity index (χ0n) is 17.1. The van der Waals surface area contributed by atoms with Gasteiger partial charge in [0.1, 0.15) is 6.04 Å². The number of nitrogens with one attached hydrogen (secondary N) is 1. The van der Waals surface area contributed by atoms with Crippen LogP contribution in [-0.4, -0.2) is 54.5 Å². The van der Waals surface area contributed by atoms with Crippen molar-refractivity contribution in [2.24, 2.45) is 5.92 Å². The van der Waals surface area contributed by atoms with Gasteiger partial charge in [-0.1, -0.05) is 25.0 Å². The number of carbonyl (C=O) groups excluding carboxylic acids is 3. The maximum absolute atomic E-state index is 13.5. The third kappa shape index (κ3) is 3.75. The number of para-hydroxylation sites is 2. The van der Waals surface area contributed by atoms with Gasteiger partial charge < -0.3 is 15.0 Å². The number of likely N-dealkylation sites (tertiary alicyclic amines) is 1. The smallest absolute Gasteiger partial charge is 0.323 e. The first-order valence-corrected chi connectivity index (χ1v) is 10.5. The summed E-state index contributed by atoms with van der Waals surface area (Å²) in [5, 5.41) is 2.89. The number of carbonyl (C=O) groups is 3. The summed E-state index contributed by atoms with van der Waals surface area (Å²) in [7, 11) is 1.41. The molecule has 1 N–H and O–H groups in total. The summed E-state index contributed by atoms with van der Waals surface area (Å²) in [6.45, 7) is 2.05. The summed E-state index contributed by atoms with van der Waals surface area (Å²) in [6.07, 6.45) is 5.42. The van der Waals surface area contributed by atoms with E-state index in [1.807, 2.05) is 31.2 Å². The molecule has 2 aliphatic heterocycles. The molecule has 1 aromatic rings. The molecule has 0 spiro atoms. The second-order valence-electron chi connectivity index (χ2n) is 8.44. The molecule has 7 heteroatoms. The van der Waals surface area contributed by atoms with E-state index in [0.29, 0.717) is 17.3 Å². The van der Waals surface area contributed by atoms with Crippen LogP contribution in [0.15, 0.2) is 24.3 Å². The molecule has 2 fully saturated rings. The van der Waals surface area contributed by atoms with Crippen molar-refractivity contribution in [3.8, 4) is 0 Å². The number of hydrogen-bond acceptors (Lipinski definition) is 5. The van der Waals surface area contributed by atoms with E-state index in [4.69, 9.17) is 4.74 Å². The minimum absolute atomic E-state index is 0.0819. The number of fused-ring (bicyclic) bond motifs is 2. The van der Waals surface area contributed by atoms with Crippen LogP contribution >= 0.6 is 0 Å². The fourth-order valence-electron chi connectivity index (χ4n) is 5.35. The second kappa shape index (κ2) is 8.14. The summed E-state index contributed by atoms with van der Waals surface area (Å²) in [4.78, 5) is 42.0. The summed E-state index contributed by atoms with van der Waals surface area (Å²) in [5.41, 5.74) is 1.36. The van der Waals surface area contributed by atoms with Crippen LogP contribution in [0.5, 0.6) is 0 Å². The van der Waals surface area contributed by atoms with E-state index in [2.05, 4.69) is 10.2 Å². The predicted octanol–water partition coefficient (Wildman–Crippen LogP) is 2.56. The van der Waals surface area contributed by atoms with Gasteiger partial charge in [0.05, 0.1) is 25.0 Å². The molecule has 2 heterocycles. The van der Waals surface area contributed by atoms with Crippen molar-refractivity contribution in [1.82, 2.24) is 4.90 Å². The first kappa shape index (κ1) is 19.9. The first-order chi connectivity index (χ1) is 14.0. The highest BCUT2D eigenvalue weighted by atomic mass is 16.5. The fraction of sp³-hybridized carbons (Fsp3) is 0.591. The van der Waals surface area contributed by atoms with Crippen LogP contribution in [0.3, 0.4) is 0 Å². The topological polar surface area (TPSA) is 79.0 Å². The van der Waals surface area contributed by atoms with Gasteiger partial charge in [0, 0.05) is 18.5 Å². The Morgan fingerprint density at radius 3 is 2.76 bits per heavy atom. The molecule has 1 saturated heterocycles. The lowest BCUT2D eigenvalue weighted by atomic mass is 9.85. The molecule has 1 aromatic carbocycles. The Morgan fingerprint density at radius 2 is 1.97 bits per heavy atom. The maximum Gasteiger partial charge on any atom is 0.323 e. The number of anilines is 2. The molecule has 1 aliphatic carbocycles.